The first kappa shape index (κ1) is 12.4. The summed E-state index contributed by atoms with van der Waals surface area (Å²) in [5.41, 5.74) is 1.04. The van der Waals surface area contributed by atoms with Gasteiger partial charge in [0.1, 0.15) is 0 Å². The van der Waals surface area contributed by atoms with Gasteiger partial charge in [-0.25, -0.2) is 0 Å². The fourth-order valence-electron chi connectivity index (χ4n) is 2.07. The Hall–Kier alpha value is -1.06. The number of amides is 1. The number of rotatable bonds is 4. The van der Waals surface area contributed by atoms with Crippen molar-refractivity contribution in [3.05, 3.63) is 34.9 Å². The Morgan fingerprint density at radius 3 is 3.12 bits per heavy atom. The van der Waals surface area contributed by atoms with Crippen LogP contribution in [0, 0.1) is 5.92 Å². The van der Waals surface area contributed by atoms with Crippen molar-refractivity contribution in [3.63, 3.8) is 0 Å². The monoisotopic (exact) mass is 252 g/mol. The number of hydrogen-bond donors (Lipinski definition) is 2. The van der Waals surface area contributed by atoms with Crippen LogP contribution >= 0.6 is 11.6 Å². The number of hydrogen-bond acceptors (Lipinski definition) is 2. The Kier molecular flexibility index (Phi) is 4.40. The summed E-state index contributed by atoms with van der Waals surface area (Å²) in [7, 11) is 0. The van der Waals surface area contributed by atoms with Crippen LogP contribution in [0.5, 0.6) is 0 Å². The molecule has 0 aromatic heterocycles. The number of nitrogens with one attached hydrogen (secondary N) is 2. The maximum absolute atomic E-state index is 11.7. The molecule has 92 valence electrons. The molecule has 1 unspecified atom stereocenters. The highest BCUT2D eigenvalue weighted by molar-refractivity contribution is 6.30. The van der Waals surface area contributed by atoms with E-state index >= 15 is 0 Å². The molecule has 17 heavy (non-hydrogen) atoms. The molecule has 2 N–H and O–H groups in total. The molecule has 1 aliphatic rings. The SMILES string of the molecule is O=C(CC1CCNC1)NCc1cccc(Cl)c1. The summed E-state index contributed by atoms with van der Waals surface area (Å²) in [6.07, 6.45) is 1.72. The van der Waals surface area contributed by atoms with Crippen molar-refractivity contribution in [2.75, 3.05) is 13.1 Å². The van der Waals surface area contributed by atoms with Crippen LogP contribution in [0.3, 0.4) is 0 Å². The highest BCUT2D eigenvalue weighted by atomic mass is 35.5. The van der Waals surface area contributed by atoms with Crippen molar-refractivity contribution in [2.24, 2.45) is 5.92 Å². The molecular weight excluding hydrogens is 236 g/mol. The van der Waals surface area contributed by atoms with E-state index in [-0.39, 0.29) is 5.91 Å². The van der Waals surface area contributed by atoms with Crippen LogP contribution in [0.25, 0.3) is 0 Å². The van der Waals surface area contributed by atoms with Crippen molar-refractivity contribution in [1.29, 1.82) is 0 Å². The molecule has 4 heteroatoms. The lowest BCUT2D eigenvalue weighted by molar-refractivity contribution is -0.122. The van der Waals surface area contributed by atoms with Gasteiger partial charge in [0, 0.05) is 18.0 Å². The number of carbonyl (C=O) groups excluding carboxylic acids is 1. The minimum atomic E-state index is 0.124. The first-order chi connectivity index (χ1) is 8.24. The topological polar surface area (TPSA) is 41.1 Å². The van der Waals surface area contributed by atoms with Gasteiger partial charge in [-0.05, 0) is 43.1 Å². The van der Waals surface area contributed by atoms with Gasteiger partial charge in [-0.15, -0.1) is 0 Å². The molecule has 1 amide bonds. The van der Waals surface area contributed by atoms with E-state index in [1.807, 2.05) is 24.3 Å². The van der Waals surface area contributed by atoms with E-state index in [4.69, 9.17) is 11.6 Å². The van der Waals surface area contributed by atoms with Crippen molar-refractivity contribution in [3.8, 4) is 0 Å². The predicted molar refractivity (Wildman–Crippen MR) is 68.9 cm³/mol. The number of halogens is 1. The smallest absolute Gasteiger partial charge is 0.220 e. The van der Waals surface area contributed by atoms with Crippen LogP contribution in [0.1, 0.15) is 18.4 Å². The molecule has 0 aliphatic carbocycles. The van der Waals surface area contributed by atoms with Gasteiger partial charge in [-0.3, -0.25) is 4.79 Å². The Morgan fingerprint density at radius 1 is 1.53 bits per heavy atom. The molecule has 0 radical (unpaired) electrons. The van der Waals surface area contributed by atoms with Crippen LogP contribution in [-0.4, -0.2) is 19.0 Å². The number of carbonyl (C=O) groups is 1. The Morgan fingerprint density at radius 2 is 2.41 bits per heavy atom. The van der Waals surface area contributed by atoms with Crippen LogP contribution in [-0.2, 0) is 11.3 Å². The summed E-state index contributed by atoms with van der Waals surface area (Å²) < 4.78 is 0. The lowest BCUT2D eigenvalue weighted by Crippen LogP contribution is -2.25. The molecule has 1 saturated heterocycles. The van der Waals surface area contributed by atoms with E-state index in [1.54, 1.807) is 0 Å². The van der Waals surface area contributed by atoms with Gasteiger partial charge < -0.3 is 10.6 Å². The van der Waals surface area contributed by atoms with Gasteiger partial charge >= 0.3 is 0 Å². The summed E-state index contributed by atoms with van der Waals surface area (Å²) in [6, 6.07) is 7.56. The van der Waals surface area contributed by atoms with E-state index in [0.29, 0.717) is 23.9 Å². The molecule has 1 aliphatic heterocycles. The zero-order valence-electron chi connectivity index (χ0n) is 9.71. The van der Waals surface area contributed by atoms with Gasteiger partial charge in [-0.2, -0.15) is 0 Å². The van der Waals surface area contributed by atoms with Crippen molar-refractivity contribution in [1.82, 2.24) is 10.6 Å². The normalized spacial score (nSPS) is 19.2. The average molecular weight is 253 g/mol. The molecule has 1 aromatic rings. The third-order valence-electron chi connectivity index (χ3n) is 3.02. The van der Waals surface area contributed by atoms with E-state index < -0.39 is 0 Å². The molecule has 3 nitrogen and oxygen atoms in total. The van der Waals surface area contributed by atoms with Gasteiger partial charge in [-0.1, -0.05) is 23.7 Å². The second-order valence-corrected chi connectivity index (χ2v) is 4.91. The number of benzene rings is 1. The van der Waals surface area contributed by atoms with Gasteiger partial charge in [0.15, 0.2) is 0 Å². The summed E-state index contributed by atoms with van der Waals surface area (Å²) in [5, 5.41) is 6.89. The van der Waals surface area contributed by atoms with E-state index in [0.717, 1.165) is 25.1 Å². The first-order valence-corrected chi connectivity index (χ1v) is 6.33. The predicted octanol–water partition coefficient (Wildman–Crippen LogP) is 1.96. The van der Waals surface area contributed by atoms with Crippen LogP contribution in [0.15, 0.2) is 24.3 Å². The highest BCUT2D eigenvalue weighted by Crippen LogP contribution is 2.13. The zero-order chi connectivity index (χ0) is 12.1. The minimum Gasteiger partial charge on any atom is -0.352 e. The summed E-state index contributed by atoms with van der Waals surface area (Å²) in [5.74, 6) is 0.619. The summed E-state index contributed by atoms with van der Waals surface area (Å²) in [4.78, 5) is 11.7. The van der Waals surface area contributed by atoms with E-state index in [2.05, 4.69) is 10.6 Å². The zero-order valence-corrected chi connectivity index (χ0v) is 10.5. The Labute approximate surface area is 107 Å². The molecule has 1 aromatic carbocycles. The second-order valence-electron chi connectivity index (χ2n) is 4.47. The molecule has 1 fully saturated rings. The van der Waals surface area contributed by atoms with E-state index in [1.165, 1.54) is 0 Å². The summed E-state index contributed by atoms with van der Waals surface area (Å²) >= 11 is 5.88. The molecule has 0 saturated carbocycles. The van der Waals surface area contributed by atoms with Gasteiger partial charge in [0.2, 0.25) is 5.91 Å². The standard InChI is InChI=1S/C13H17ClN2O/c14-12-3-1-2-10(6-12)9-16-13(17)7-11-4-5-15-8-11/h1-3,6,11,15H,4-5,7-9H2,(H,16,17). The molecule has 2 rings (SSSR count). The lowest BCUT2D eigenvalue weighted by atomic mass is 10.0. The van der Waals surface area contributed by atoms with Gasteiger partial charge in [0.25, 0.3) is 0 Å². The first-order valence-electron chi connectivity index (χ1n) is 5.96. The maximum atomic E-state index is 11.7. The van der Waals surface area contributed by atoms with Crippen LogP contribution in [0.4, 0.5) is 0 Å². The Balaban J connectivity index is 1.75. The second kappa shape index (κ2) is 6.03. The minimum absolute atomic E-state index is 0.124. The van der Waals surface area contributed by atoms with Crippen LogP contribution in [0.2, 0.25) is 5.02 Å². The lowest BCUT2D eigenvalue weighted by Gasteiger charge is -2.09. The third-order valence-corrected chi connectivity index (χ3v) is 3.25. The summed E-state index contributed by atoms with van der Waals surface area (Å²) in [6.45, 7) is 2.55. The third kappa shape index (κ3) is 4.02. The Bertz CT molecular complexity index is 389. The fourth-order valence-corrected chi connectivity index (χ4v) is 2.28. The van der Waals surface area contributed by atoms with Crippen molar-refractivity contribution in [2.45, 2.75) is 19.4 Å². The largest absolute Gasteiger partial charge is 0.352 e. The molecule has 1 atom stereocenters. The quantitative estimate of drug-likeness (QED) is 0.860. The molecule has 0 bridgehead atoms. The van der Waals surface area contributed by atoms with Crippen LogP contribution < -0.4 is 10.6 Å². The molecular formula is C13H17ClN2O. The van der Waals surface area contributed by atoms with Crippen molar-refractivity contribution < 1.29 is 4.79 Å². The van der Waals surface area contributed by atoms with Crippen molar-refractivity contribution >= 4 is 17.5 Å². The average Bonchev–Trinajstić information content (AvgIpc) is 2.79. The van der Waals surface area contributed by atoms with E-state index in [9.17, 15) is 4.79 Å². The maximum Gasteiger partial charge on any atom is 0.220 e. The molecule has 0 spiro atoms. The fraction of sp³-hybridized carbons (Fsp3) is 0.462. The van der Waals surface area contributed by atoms with Gasteiger partial charge in [0.05, 0.1) is 0 Å². The molecule has 1 heterocycles. The highest BCUT2D eigenvalue weighted by Gasteiger charge is 2.17.